The number of rotatable bonds is 2. The molecule has 0 saturated heterocycles. The maximum Gasteiger partial charge on any atom is 0.417 e. The van der Waals surface area contributed by atoms with Crippen LogP contribution < -0.4 is 0 Å². The van der Waals surface area contributed by atoms with Gasteiger partial charge in [0.1, 0.15) is 5.75 Å². The van der Waals surface area contributed by atoms with Crippen LogP contribution in [0.15, 0.2) is 12.1 Å². The highest BCUT2D eigenvalue weighted by molar-refractivity contribution is 6.30. The third-order valence-corrected chi connectivity index (χ3v) is 2.23. The Morgan fingerprint density at radius 2 is 2.06 bits per heavy atom. The van der Waals surface area contributed by atoms with Crippen LogP contribution >= 0.6 is 11.6 Å². The van der Waals surface area contributed by atoms with Gasteiger partial charge >= 0.3 is 6.18 Å². The molecule has 0 aliphatic rings. The van der Waals surface area contributed by atoms with Crippen LogP contribution in [-0.2, 0) is 6.18 Å². The van der Waals surface area contributed by atoms with E-state index in [2.05, 4.69) is 0 Å². The summed E-state index contributed by atoms with van der Waals surface area (Å²) in [5.41, 5.74) is -2.42. The minimum absolute atomic E-state index is 0.346. The first-order valence-corrected chi connectivity index (χ1v) is 4.78. The van der Waals surface area contributed by atoms with E-state index >= 15 is 0 Å². The Bertz CT molecular complexity index is 505. The van der Waals surface area contributed by atoms with Crippen LogP contribution in [-0.4, -0.2) is 16.8 Å². The second-order valence-corrected chi connectivity index (χ2v) is 3.35. The zero-order chi connectivity index (χ0) is 13.2. The van der Waals surface area contributed by atoms with Crippen molar-refractivity contribution in [3.8, 4) is 11.8 Å². The number of phenolic OH excluding ortho intramolecular Hbond substituents is 1. The zero-order valence-corrected chi connectivity index (χ0v) is 8.93. The number of nitrogens with zero attached hydrogens (tertiary/aromatic N) is 1. The minimum atomic E-state index is -4.77. The summed E-state index contributed by atoms with van der Waals surface area (Å²) in [5.74, 6) is -2.10. The summed E-state index contributed by atoms with van der Waals surface area (Å²) >= 11 is 5.22. The van der Waals surface area contributed by atoms with Crippen LogP contribution in [0.3, 0.4) is 0 Å². The van der Waals surface area contributed by atoms with E-state index in [-0.39, 0.29) is 0 Å². The lowest BCUT2D eigenvalue weighted by Gasteiger charge is -2.11. The van der Waals surface area contributed by atoms with E-state index < -0.39 is 40.3 Å². The summed E-state index contributed by atoms with van der Waals surface area (Å²) in [7, 11) is 0. The molecule has 0 saturated carbocycles. The molecule has 0 atom stereocenters. The van der Waals surface area contributed by atoms with Crippen molar-refractivity contribution in [2.45, 2.75) is 6.18 Å². The van der Waals surface area contributed by atoms with E-state index in [0.717, 1.165) is 0 Å². The number of alkyl halides is 4. The molecule has 0 bridgehead atoms. The molecule has 3 nitrogen and oxygen atoms in total. The van der Waals surface area contributed by atoms with Gasteiger partial charge in [0.25, 0.3) is 0 Å². The molecule has 0 spiro atoms. The molecule has 0 fully saturated rings. The zero-order valence-electron chi connectivity index (χ0n) is 8.18. The third kappa shape index (κ3) is 2.68. The van der Waals surface area contributed by atoms with Crippen molar-refractivity contribution >= 4 is 17.4 Å². The Morgan fingerprint density at radius 3 is 2.47 bits per heavy atom. The molecule has 1 rings (SSSR count). The molecule has 1 N–H and O–H groups in total. The molecule has 0 unspecified atom stereocenters. The van der Waals surface area contributed by atoms with Crippen molar-refractivity contribution in [1.82, 2.24) is 0 Å². The van der Waals surface area contributed by atoms with Crippen molar-refractivity contribution in [3.63, 3.8) is 0 Å². The smallest absolute Gasteiger partial charge is 0.417 e. The Kier molecular flexibility index (Phi) is 3.63. The lowest BCUT2D eigenvalue weighted by atomic mass is 10.0. The average Bonchev–Trinajstić information content (AvgIpc) is 2.26. The van der Waals surface area contributed by atoms with E-state index in [1.165, 1.54) is 6.07 Å². The van der Waals surface area contributed by atoms with Crippen molar-refractivity contribution in [2.24, 2.45) is 0 Å². The number of ketones is 1. The number of phenols is 1. The lowest BCUT2D eigenvalue weighted by molar-refractivity contribution is -0.137. The topological polar surface area (TPSA) is 61.1 Å². The van der Waals surface area contributed by atoms with Crippen molar-refractivity contribution in [2.75, 3.05) is 5.88 Å². The number of nitriles is 1. The molecule has 90 valence electrons. The highest BCUT2D eigenvalue weighted by atomic mass is 35.5. The normalized spacial score (nSPS) is 11.0. The minimum Gasteiger partial charge on any atom is -0.507 e. The van der Waals surface area contributed by atoms with Gasteiger partial charge in [-0.15, -0.1) is 11.6 Å². The predicted molar refractivity (Wildman–Crippen MR) is 52.9 cm³/mol. The van der Waals surface area contributed by atoms with Gasteiger partial charge in [0.05, 0.1) is 28.6 Å². The monoisotopic (exact) mass is 263 g/mol. The van der Waals surface area contributed by atoms with E-state index in [1.807, 2.05) is 0 Å². The summed E-state index contributed by atoms with van der Waals surface area (Å²) in [6.45, 7) is 0. The van der Waals surface area contributed by atoms with E-state index in [0.29, 0.717) is 12.1 Å². The molecule has 0 aliphatic heterocycles. The SMILES string of the molecule is N#Cc1cc(C(=O)CCl)c(O)cc1C(F)(F)F. The summed E-state index contributed by atoms with van der Waals surface area (Å²) in [6.07, 6.45) is -4.77. The van der Waals surface area contributed by atoms with Crippen molar-refractivity contribution in [3.05, 3.63) is 28.8 Å². The maximum absolute atomic E-state index is 12.5. The van der Waals surface area contributed by atoms with Crippen LogP contribution in [0.2, 0.25) is 0 Å². The molecule has 0 aromatic heterocycles. The van der Waals surface area contributed by atoms with E-state index in [9.17, 15) is 23.1 Å². The van der Waals surface area contributed by atoms with Crippen LogP contribution in [0.25, 0.3) is 0 Å². The number of carbonyl (C=O) groups excluding carboxylic acids is 1. The van der Waals surface area contributed by atoms with Crippen LogP contribution in [0.1, 0.15) is 21.5 Å². The standard InChI is InChI=1S/C10H5ClF3NO2/c11-3-9(17)6-1-5(4-15)7(2-8(6)16)10(12,13)14/h1-2,16H,3H2. The lowest BCUT2D eigenvalue weighted by Crippen LogP contribution is -2.10. The van der Waals surface area contributed by atoms with E-state index in [1.54, 1.807) is 0 Å². The Morgan fingerprint density at radius 1 is 1.47 bits per heavy atom. The number of hydrogen-bond donors (Lipinski definition) is 1. The number of Topliss-reactive ketones (excluding diaryl/α,β-unsaturated/α-hetero) is 1. The average molecular weight is 264 g/mol. The molecule has 1 aromatic carbocycles. The second-order valence-electron chi connectivity index (χ2n) is 3.08. The van der Waals surface area contributed by atoms with E-state index in [4.69, 9.17) is 16.9 Å². The fourth-order valence-electron chi connectivity index (χ4n) is 1.21. The summed E-state index contributed by atoms with van der Waals surface area (Å²) < 4.78 is 37.4. The first-order valence-electron chi connectivity index (χ1n) is 4.24. The van der Waals surface area contributed by atoms with Gasteiger partial charge in [-0.05, 0) is 12.1 Å². The van der Waals surface area contributed by atoms with Gasteiger partial charge in [0, 0.05) is 0 Å². The Hall–Kier alpha value is -1.74. The van der Waals surface area contributed by atoms with Crippen LogP contribution in [0, 0.1) is 11.3 Å². The molecule has 0 radical (unpaired) electrons. The first-order chi connectivity index (χ1) is 7.81. The van der Waals surface area contributed by atoms with Gasteiger partial charge in [-0.25, -0.2) is 0 Å². The fourth-order valence-corrected chi connectivity index (χ4v) is 1.35. The molecule has 7 heteroatoms. The Balaban J connectivity index is 3.47. The molecular formula is C10H5ClF3NO2. The van der Waals surface area contributed by atoms with Gasteiger partial charge in [0.15, 0.2) is 5.78 Å². The number of benzene rings is 1. The number of carbonyl (C=O) groups is 1. The molecule has 0 heterocycles. The van der Waals surface area contributed by atoms with Gasteiger partial charge in [0.2, 0.25) is 0 Å². The molecule has 1 aromatic rings. The van der Waals surface area contributed by atoms with Crippen molar-refractivity contribution in [1.29, 1.82) is 5.26 Å². The molecule has 0 amide bonds. The molecular weight excluding hydrogens is 259 g/mol. The van der Waals surface area contributed by atoms with Crippen LogP contribution in [0.5, 0.6) is 5.75 Å². The highest BCUT2D eigenvalue weighted by Gasteiger charge is 2.35. The van der Waals surface area contributed by atoms with Crippen LogP contribution in [0.4, 0.5) is 13.2 Å². The fraction of sp³-hybridized carbons (Fsp3) is 0.200. The van der Waals surface area contributed by atoms with Gasteiger partial charge in [-0.1, -0.05) is 0 Å². The van der Waals surface area contributed by atoms with Gasteiger partial charge < -0.3 is 5.11 Å². The maximum atomic E-state index is 12.5. The third-order valence-electron chi connectivity index (χ3n) is 1.98. The number of aromatic hydroxyl groups is 1. The summed E-state index contributed by atoms with van der Waals surface area (Å²) in [5, 5.41) is 17.9. The number of halogens is 4. The predicted octanol–water partition coefficient (Wildman–Crippen LogP) is 2.70. The summed E-state index contributed by atoms with van der Waals surface area (Å²) in [4.78, 5) is 11.2. The molecule has 17 heavy (non-hydrogen) atoms. The second kappa shape index (κ2) is 4.63. The Labute approximate surface area is 99.0 Å². The quantitative estimate of drug-likeness (QED) is 0.659. The largest absolute Gasteiger partial charge is 0.507 e. The first kappa shape index (κ1) is 13.3. The summed E-state index contributed by atoms with van der Waals surface area (Å²) in [6, 6.07) is 2.35. The van der Waals surface area contributed by atoms with Crippen molar-refractivity contribution < 1.29 is 23.1 Å². The molecule has 0 aliphatic carbocycles. The highest BCUT2D eigenvalue weighted by Crippen LogP contribution is 2.35. The van der Waals surface area contributed by atoms with Gasteiger partial charge in [-0.3, -0.25) is 4.79 Å². The van der Waals surface area contributed by atoms with Gasteiger partial charge in [-0.2, -0.15) is 18.4 Å². The number of hydrogen-bond acceptors (Lipinski definition) is 3.